The summed E-state index contributed by atoms with van der Waals surface area (Å²) in [7, 11) is 0. The largest absolute Gasteiger partial charge is 0.396 e. The number of hydrogen-bond donors (Lipinski definition) is 12. The van der Waals surface area contributed by atoms with E-state index in [0.717, 1.165) is 25.0 Å². The van der Waals surface area contributed by atoms with Gasteiger partial charge >= 0.3 is 6.03 Å². The number of aliphatic hydroxyl groups excluding tert-OH is 1. The van der Waals surface area contributed by atoms with Crippen LogP contribution in [0.25, 0.3) is 0 Å². The Labute approximate surface area is 358 Å². The fourth-order valence-corrected chi connectivity index (χ4v) is 8.36. The second-order valence-corrected chi connectivity index (χ2v) is 16.3. The first-order valence-electron chi connectivity index (χ1n) is 20.5. The molecule has 2 fully saturated rings. The predicted molar refractivity (Wildman–Crippen MR) is 222 cm³/mol. The van der Waals surface area contributed by atoms with E-state index in [9.17, 15) is 48.3 Å². The number of thioether (sulfide) groups is 1. The fraction of sp³-hybridized carbons (Fsp3) is 0.615. The summed E-state index contributed by atoms with van der Waals surface area (Å²) in [6.07, 6.45) is 4.00. The van der Waals surface area contributed by atoms with E-state index in [1.165, 1.54) is 12.4 Å². The molecular formula is C39H60N10O11S. The average Bonchev–Trinajstić information content (AvgIpc) is 3.80. The number of benzene rings is 1. The lowest BCUT2D eigenvalue weighted by molar-refractivity contribution is -0.137. The number of amides is 10. The molecule has 0 bridgehead atoms. The van der Waals surface area contributed by atoms with Crippen molar-refractivity contribution in [3.63, 3.8) is 0 Å². The standard InChI is InChI=1S/C39H60N10O11S/c1-23(44-38(58)27(18-24-10-3-2-4-11-24)46-37(57)25(12-9-17-50)19-31(52)49-60)36(56)43-20-32(53)42-21-33(54)45-26(35(40)55)13-7-8-16-41-30(51)15-6-5-14-29-34-28(22-61-29)47-39(59)48-34/h2-4,10-11,23,25-29,34,50,60H,5-9,12-22H2,1H3,(H2,40,55)(H,41,51)(H,42,53)(H,43,56)(H,44,58)(H,45,54)(H,46,57)(H,49,52)(H2,47,48,59)/t23-,25?,26-,27-,28-,29-,34-/m0/s1. The smallest absolute Gasteiger partial charge is 0.315 e. The third-order valence-corrected chi connectivity index (χ3v) is 11.7. The van der Waals surface area contributed by atoms with Crippen molar-refractivity contribution in [2.24, 2.45) is 11.7 Å². The Balaban J connectivity index is 1.34. The Morgan fingerprint density at radius 3 is 2.23 bits per heavy atom. The molecule has 3 rings (SSSR count). The molecule has 2 heterocycles. The molecule has 1 aromatic carbocycles. The van der Waals surface area contributed by atoms with E-state index in [0.29, 0.717) is 36.6 Å². The molecule has 0 aliphatic carbocycles. The molecule has 13 N–H and O–H groups in total. The predicted octanol–water partition coefficient (Wildman–Crippen LogP) is -2.28. The Kier molecular flexibility index (Phi) is 21.8. The quantitative estimate of drug-likeness (QED) is 0.0183. The van der Waals surface area contributed by atoms with E-state index in [4.69, 9.17) is 10.9 Å². The van der Waals surface area contributed by atoms with E-state index in [-0.39, 0.29) is 56.3 Å². The Hall–Kier alpha value is -5.48. The maximum Gasteiger partial charge on any atom is 0.315 e. The number of hydroxylamine groups is 1. The van der Waals surface area contributed by atoms with Gasteiger partial charge in [-0.3, -0.25) is 43.6 Å². The molecule has 1 unspecified atom stereocenters. The van der Waals surface area contributed by atoms with Crippen molar-refractivity contribution < 1.29 is 53.5 Å². The maximum atomic E-state index is 13.4. The highest BCUT2D eigenvalue weighted by atomic mass is 32.2. The van der Waals surface area contributed by atoms with Crippen molar-refractivity contribution in [3.05, 3.63) is 35.9 Å². The van der Waals surface area contributed by atoms with Gasteiger partial charge in [-0.05, 0) is 57.4 Å². The normalized spacial score (nSPS) is 18.4. The van der Waals surface area contributed by atoms with Gasteiger partial charge in [0.1, 0.15) is 18.1 Å². The number of nitrogens with one attached hydrogen (secondary N) is 9. The van der Waals surface area contributed by atoms with Gasteiger partial charge in [0.2, 0.25) is 47.3 Å². The Bertz CT molecular complexity index is 1670. The van der Waals surface area contributed by atoms with Gasteiger partial charge in [-0.25, -0.2) is 10.3 Å². The van der Waals surface area contributed by atoms with E-state index in [1.807, 2.05) is 11.8 Å². The molecule has 1 aromatic rings. The molecule has 10 amide bonds. The van der Waals surface area contributed by atoms with Gasteiger partial charge in [0.25, 0.3) is 0 Å². The highest BCUT2D eigenvalue weighted by Gasteiger charge is 2.42. The van der Waals surface area contributed by atoms with Gasteiger partial charge in [-0.15, -0.1) is 0 Å². The first-order valence-corrected chi connectivity index (χ1v) is 21.5. The summed E-state index contributed by atoms with van der Waals surface area (Å²) in [5.41, 5.74) is 7.61. The Morgan fingerprint density at radius 2 is 1.52 bits per heavy atom. The van der Waals surface area contributed by atoms with Crippen LogP contribution in [0.2, 0.25) is 0 Å². The molecule has 22 heteroatoms. The SMILES string of the molecule is C[C@H](NC(=O)[C@H](Cc1ccccc1)NC(=O)C(CCCO)CC(=O)NO)C(=O)NCC(=O)NCC(=O)N[C@@H](CCCCNC(=O)CCCC[C@@H]1SC[C@@H]2NC(=O)N[C@@H]21)C(N)=O. The maximum absolute atomic E-state index is 13.4. The van der Waals surface area contributed by atoms with Crippen molar-refractivity contribution >= 4 is 65.1 Å². The molecule has 0 radical (unpaired) electrons. The third-order valence-electron chi connectivity index (χ3n) is 10.2. The van der Waals surface area contributed by atoms with Crippen LogP contribution in [0.1, 0.15) is 76.7 Å². The highest BCUT2D eigenvalue weighted by molar-refractivity contribution is 8.00. The molecule has 0 aromatic heterocycles. The number of urea groups is 1. The number of rotatable bonds is 28. The van der Waals surface area contributed by atoms with Crippen molar-refractivity contribution in [1.29, 1.82) is 0 Å². The zero-order chi connectivity index (χ0) is 44.7. The van der Waals surface area contributed by atoms with Crippen LogP contribution < -0.4 is 53.7 Å². The van der Waals surface area contributed by atoms with E-state index in [2.05, 4.69) is 42.5 Å². The number of aliphatic hydroxyl groups is 1. The monoisotopic (exact) mass is 876 g/mol. The molecule has 0 saturated carbocycles. The number of primary amides is 1. The van der Waals surface area contributed by atoms with Crippen LogP contribution in [0.15, 0.2) is 30.3 Å². The number of unbranched alkanes of at least 4 members (excludes halogenated alkanes) is 2. The summed E-state index contributed by atoms with van der Waals surface area (Å²) >= 11 is 1.83. The molecule has 7 atom stereocenters. The average molecular weight is 877 g/mol. The van der Waals surface area contributed by atoms with Crippen molar-refractivity contribution in [3.8, 4) is 0 Å². The molecular weight excluding hydrogens is 817 g/mol. The minimum atomic E-state index is -1.19. The third kappa shape index (κ3) is 18.4. The van der Waals surface area contributed by atoms with Crippen molar-refractivity contribution in [1.82, 2.24) is 48.0 Å². The first kappa shape index (κ1) is 49.9. The molecule has 21 nitrogen and oxygen atoms in total. The zero-order valence-corrected chi connectivity index (χ0v) is 35.1. The molecule has 2 aliphatic heterocycles. The molecule has 338 valence electrons. The number of carbonyl (C=O) groups is 9. The molecule has 2 aliphatic rings. The van der Waals surface area contributed by atoms with Gasteiger partial charge in [0, 0.05) is 49.3 Å². The van der Waals surface area contributed by atoms with Gasteiger partial charge < -0.3 is 53.4 Å². The van der Waals surface area contributed by atoms with Crippen molar-refractivity contribution in [2.45, 2.75) is 113 Å². The van der Waals surface area contributed by atoms with Crippen LogP contribution in [0.5, 0.6) is 0 Å². The number of hydrogen-bond acceptors (Lipinski definition) is 12. The van der Waals surface area contributed by atoms with Gasteiger partial charge in [0.05, 0.1) is 25.2 Å². The number of nitrogens with two attached hydrogens (primary N) is 1. The number of fused-ring (bicyclic) bond motifs is 1. The van der Waals surface area contributed by atoms with Gasteiger partial charge in [-0.2, -0.15) is 11.8 Å². The molecule has 2 saturated heterocycles. The fourth-order valence-electron chi connectivity index (χ4n) is 6.82. The number of carbonyl (C=O) groups excluding carboxylic acids is 9. The molecule has 0 spiro atoms. The topological polar surface area (TPSA) is 328 Å². The second kappa shape index (κ2) is 26.7. The minimum absolute atomic E-state index is 0.0236. The summed E-state index contributed by atoms with van der Waals surface area (Å²) in [4.78, 5) is 112. The van der Waals surface area contributed by atoms with Crippen LogP contribution in [0.3, 0.4) is 0 Å². The Morgan fingerprint density at radius 1 is 0.787 bits per heavy atom. The summed E-state index contributed by atoms with van der Waals surface area (Å²) in [5.74, 6) is -5.36. The van der Waals surface area contributed by atoms with Crippen LogP contribution in [0, 0.1) is 5.92 Å². The van der Waals surface area contributed by atoms with E-state index >= 15 is 0 Å². The summed E-state index contributed by atoms with van der Waals surface area (Å²) < 4.78 is 0. The lowest BCUT2D eigenvalue weighted by Crippen LogP contribution is -2.55. The lowest BCUT2D eigenvalue weighted by atomic mass is 9.96. The second-order valence-electron chi connectivity index (χ2n) is 15.0. The van der Waals surface area contributed by atoms with Crippen LogP contribution >= 0.6 is 11.8 Å². The first-order chi connectivity index (χ1) is 29.2. The van der Waals surface area contributed by atoms with Gasteiger partial charge in [-0.1, -0.05) is 36.8 Å². The van der Waals surface area contributed by atoms with E-state index < -0.39 is 84.9 Å². The van der Waals surface area contributed by atoms with Crippen LogP contribution in [0.4, 0.5) is 4.79 Å². The summed E-state index contributed by atoms with van der Waals surface area (Å²) in [6, 6.07) is 5.51. The highest BCUT2D eigenvalue weighted by Crippen LogP contribution is 2.33. The van der Waals surface area contributed by atoms with Gasteiger partial charge in [0.15, 0.2) is 0 Å². The minimum Gasteiger partial charge on any atom is -0.396 e. The van der Waals surface area contributed by atoms with Crippen molar-refractivity contribution in [2.75, 3.05) is 32.0 Å². The molecule has 61 heavy (non-hydrogen) atoms. The summed E-state index contributed by atoms with van der Waals surface area (Å²) in [5, 5.41) is 39.5. The summed E-state index contributed by atoms with van der Waals surface area (Å²) in [6.45, 7) is 0.416. The van der Waals surface area contributed by atoms with Crippen LogP contribution in [-0.4, -0.2) is 131 Å². The zero-order valence-electron chi connectivity index (χ0n) is 34.3. The lowest BCUT2D eigenvalue weighted by Gasteiger charge is -2.24. The van der Waals surface area contributed by atoms with E-state index in [1.54, 1.807) is 30.3 Å². The van der Waals surface area contributed by atoms with Crippen LogP contribution in [-0.2, 0) is 44.8 Å².